The molecule has 4 aromatic rings. The Bertz CT molecular complexity index is 1160. The third-order valence-corrected chi connectivity index (χ3v) is 5.37. The Labute approximate surface area is 172 Å². The summed E-state index contributed by atoms with van der Waals surface area (Å²) in [7, 11) is 0. The molecule has 0 saturated carbocycles. The molecule has 0 aliphatic heterocycles. The van der Waals surface area contributed by atoms with E-state index in [2.05, 4.69) is 11.1 Å². The number of amides is 1. The molecule has 1 amide bonds. The molecule has 0 bridgehead atoms. The van der Waals surface area contributed by atoms with Crippen molar-refractivity contribution >= 4 is 38.3 Å². The van der Waals surface area contributed by atoms with E-state index in [4.69, 9.17) is 10.00 Å². The van der Waals surface area contributed by atoms with Crippen LogP contribution in [0.3, 0.4) is 0 Å². The molecule has 0 radical (unpaired) electrons. The van der Waals surface area contributed by atoms with Crippen LogP contribution in [0, 0.1) is 11.3 Å². The van der Waals surface area contributed by atoms with Gasteiger partial charge in [0.2, 0.25) is 0 Å². The SMILES string of the molecule is CCOc1ccc(N(C(=O)c2ccc(C#N)cc2)c2nc3ccccc3s2)cc1. The van der Waals surface area contributed by atoms with Crippen molar-refractivity contribution in [2.45, 2.75) is 6.92 Å². The van der Waals surface area contributed by atoms with Crippen molar-refractivity contribution in [2.24, 2.45) is 0 Å². The van der Waals surface area contributed by atoms with E-state index in [9.17, 15) is 4.79 Å². The number of benzene rings is 3. The van der Waals surface area contributed by atoms with E-state index in [1.807, 2.05) is 55.5 Å². The number of nitriles is 1. The summed E-state index contributed by atoms with van der Waals surface area (Å²) in [5, 5.41) is 9.60. The van der Waals surface area contributed by atoms with E-state index < -0.39 is 0 Å². The number of anilines is 2. The molecule has 0 aliphatic carbocycles. The van der Waals surface area contributed by atoms with Crippen molar-refractivity contribution < 1.29 is 9.53 Å². The highest BCUT2D eigenvalue weighted by atomic mass is 32.1. The third-order valence-electron chi connectivity index (χ3n) is 4.34. The van der Waals surface area contributed by atoms with Gasteiger partial charge in [0.1, 0.15) is 5.75 Å². The molecule has 3 aromatic carbocycles. The Balaban J connectivity index is 1.79. The zero-order valence-corrected chi connectivity index (χ0v) is 16.5. The lowest BCUT2D eigenvalue weighted by molar-refractivity contribution is 0.0999. The summed E-state index contributed by atoms with van der Waals surface area (Å²) in [4.78, 5) is 19.7. The minimum absolute atomic E-state index is 0.210. The Morgan fingerprint density at radius 3 is 2.45 bits per heavy atom. The highest BCUT2D eigenvalue weighted by Crippen LogP contribution is 2.35. The molecule has 142 valence electrons. The van der Waals surface area contributed by atoms with E-state index >= 15 is 0 Å². The van der Waals surface area contributed by atoms with Gasteiger partial charge in [0, 0.05) is 5.56 Å². The first-order chi connectivity index (χ1) is 14.2. The fraction of sp³-hybridized carbons (Fsp3) is 0.0870. The highest BCUT2D eigenvalue weighted by molar-refractivity contribution is 7.22. The van der Waals surface area contributed by atoms with Crippen LogP contribution in [0.4, 0.5) is 10.8 Å². The molecule has 0 spiro atoms. The van der Waals surface area contributed by atoms with Crippen molar-refractivity contribution in [3.05, 3.63) is 83.9 Å². The number of nitrogens with zero attached hydrogens (tertiary/aromatic N) is 3. The number of carbonyl (C=O) groups is 1. The van der Waals surface area contributed by atoms with Gasteiger partial charge in [-0.1, -0.05) is 23.5 Å². The number of rotatable bonds is 5. The van der Waals surface area contributed by atoms with Crippen LogP contribution in [0.15, 0.2) is 72.8 Å². The van der Waals surface area contributed by atoms with E-state index in [1.165, 1.54) is 11.3 Å². The second-order valence-electron chi connectivity index (χ2n) is 6.22. The van der Waals surface area contributed by atoms with Gasteiger partial charge in [-0.2, -0.15) is 5.26 Å². The first-order valence-electron chi connectivity index (χ1n) is 9.12. The maximum Gasteiger partial charge on any atom is 0.264 e. The van der Waals surface area contributed by atoms with E-state index in [0.29, 0.717) is 28.6 Å². The molecule has 0 N–H and O–H groups in total. The van der Waals surface area contributed by atoms with Crippen LogP contribution >= 0.6 is 11.3 Å². The zero-order valence-electron chi connectivity index (χ0n) is 15.7. The quantitative estimate of drug-likeness (QED) is 0.442. The lowest BCUT2D eigenvalue weighted by atomic mass is 10.1. The minimum atomic E-state index is -0.210. The van der Waals surface area contributed by atoms with Gasteiger partial charge < -0.3 is 4.74 Å². The van der Waals surface area contributed by atoms with Crippen LogP contribution in [0.5, 0.6) is 5.75 Å². The largest absolute Gasteiger partial charge is 0.494 e. The molecule has 6 heteroatoms. The van der Waals surface area contributed by atoms with Gasteiger partial charge in [-0.25, -0.2) is 4.98 Å². The number of thiazole rings is 1. The Morgan fingerprint density at radius 1 is 1.07 bits per heavy atom. The van der Waals surface area contributed by atoms with Crippen LogP contribution in [-0.2, 0) is 0 Å². The molecular weight excluding hydrogens is 382 g/mol. The second kappa shape index (κ2) is 8.13. The van der Waals surface area contributed by atoms with Crippen molar-refractivity contribution in [3.8, 4) is 11.8 Å². The van der Waals surface area contributed by atoms with Crippen molar-refractivity contribution in [1.29, 1.82) is 5.26 Å². The third kappa shape index (κ3) is 3.82. The average molecular weight is 399 g/mol. The van der Waals surface area contributed by atoms with E-state index in [0.717, 1.165) is 16.0 Å². The lowest BCUT2D eigenvalue weighted by Gasteiger charge is -2.20. The number of aromatic nitrogens is 1. The topological polar surface area (TPSA) is 66.2 Å². The number of hydrogen-bond donors (Lipinski definition) is 0. The van der Waals surface area contributed by atoms with Crippen molar-refractivity contribution in [1.82, 2.24) is 4.98 Å². The summed E-state index contributed by atoms with van der Waals surface area (Å²) < 4.78 is 6.52. The predicted octanol–water partition coefficient (Wildman–Crippen LogP) is 5.55. The van der Waals surface area contributed by atoms with Crippen LogP contribution in [-0.4, -0.2) is 17.5 Å². The molecule has 0 atom stereocenters. The summed E-state index contributed by atoms with van der Waals surface area (Å²) in [5.41, 5.74) is 2.53. The standard InChI is InChI=1S/C23H17N3O2S/c1-2-28-19-13-11-18(12-14-19)26(22(27)17-9-7-16(15-24)8-10-17)23-25-20-5-3-4-6-21(20)29-23/h3-14H,2H2,1H3. The molecule has 1 aromatic heterocycles. The first kappa shape index (κ1) is 18.7. The van der Waals surface area contributed by atoms with Gasteiger partial charge in [0.05, 0.1) is 34.1 Å². The van der Waals surface area contributed by atoms with Gasteiger partial charge in [0.15, 0.2) is 5.13 Å². The van der Waals surface area contributed by atoms with Crippen LogP contribution in [0.25, 0.3) is 10.2 Å². The van der Waals surface area contributed by atoms with Crippen LogP contribution in [0.2, 0.25) is 0 Å². The molecule has 0 unspecified atom stereocenters. The summed E-state index contributed by atoms with van der Waals surface area (Å²) >= 11 is 1.46. The van der Waals surface area contributed by atoms with Crippen LogP contribution < -0.4 is 9.64 Å². The molecule has 29 heavy (non-hydrogen) atoms. The van der Waals surface area contributed by atoms with Crippen molar-refractivity contribution in [3.63, 3.8) is 0 Å². The van der Waals surface area contributed by atoms with Crippen molar-refractivity contribution in [2.75, 3.05) is 11.5 Å². The number of fused-ring (bicyclic) bond motifs is 1. The molecule has 4 rings (SSSR count). The number of ether oxygens (including phenoxy) is 1. The summed E-state index contributed by atoms with van der Waals surface area (Å²) in [5.74, 6) is 0.532. The van der Waals surface area contributed by atoms with Gasteiger partial charge in [-0.05, 0) is 67.6 Å². The predicted molar refractivity (Wildman–Crippen MR) is 115 cm³/mol. The molecule has 0 aliphatic rings. The zero-order chi connectivity index (χ0) is 20.2. The summed E-state index contributed by atoms with van der Waals surface area (Å²) in [6.07, 6.45) is 0. The number of carbonyl (C=O) groups excluding carboxylic acids is 1. The molecule has 0 fully saturated rings. The van der Waals surface area contributed by atoms with Crippen LogP contribution in [0.1, 0.15) is 22.8 Å². The average Bonchev–Trinajstić information content (AvgIpc) is 3.19. The normalized spacial score (nSPS) is 10.5. The monoisotopic (exact) mass is 399 g/mol. The van der Waals surface area contributed by atoms with E-state index in [1.54, 1.807) is 29.2 Å². The molecular formula is C23H17N3O2S. The molecule has 5 nitrogen and oxygen atoms in total. The fourth-order valence-corrected chi connectivity index (χ4v) is 3.93. The van der Waals surface area contributed by atoms with Gasteiger partial charge in [-0.15, -0.1) is 0 Å². The highest BCUT2D eigenvalue weighted by Gasteiger charge is 2.23. The first-order valence-corrected chi connectivity index (χ1v) is 9.94. The lowest BCUT2D eigenvalue weighted by Crippen LogP contribution is -2.25. The van der Waals surface area contributed by atoms with Gasteiger partial charge in [-0.3, -0.25) is 9.69 Å². The number of para-hydroxylation sites is 1. The fourth-order valence-electron chi connectivity index (χ4n) is 2.94. The Hall–Kier alpha value is -3.69. The minimum Gasteiger partial charge on any atom is -0.494 e. The summed E-state index contributed by atoms with van der Waals surface area (Å²) in [6, 6.07) is 23.8. The van der Waals surface area contributed by atoms with E-state index in [-0.39, 0.29) is 5.91 Å². The Morgan fingerprint density at radius 2 is 1.79 bits per heavy atom. The maximum atomic E-state index is 13.4. The van der Waals surface area contributed by atoms with Gasteiger partial charge >= 0.3 is 0 Å². The second-order valence-corrected chi connectivity index (χ2v) is 7.23. The van der Waals surface area contributed by atoms with Gasteiger partial charge in [0.25, 0.3) is 5.91 Å². The number of hydrogen-bond acceptors (Lipinski definition) is 5. The molecule has 1 heterocycles. The summed E-state index contributed by atoms with van der Waals surface area (Å²) in [6.45, 7) is 2.50. The smallest absolute Gasteiger partial charge is 0.264 e. The Kier molecular flexibility index (Phi) is 5.23. The maximum absolute atomic E-state index is 13.4. The molecule has 0 saturated heterocycles.